The molecule has 2 aliphatic carbocycles. The van der Waals surface area contributed by atoms with Crippen molar-refractivity contribution in [3.05, 3.63) is 11.6 Å². The molecule has 13 heavy (non-hydrogen) atoms. The SMILES string of the molecule is NC(=O)C1=CC2(CCCC2)CCC1. The Labute approximate surface area is 79.2 Å². The number of hydrogen-bond donors (Lipinski definition) is 1. The van der Waals surface area contributed by atoms with E-state index < -0.39 is 0 Å². The molecule has 2 aliphatic rings. The zero-order chi connectivity index (χ0) is 9.31. The van der Waals surface area contributed by atoms with Crippen LogP contribution in [0.1, 0.15) is 44.9 Å². The lowest BCUT2D eigenvalue weighted by molar-refractivity contribution is -0.114. The molecule has 0 saturated heterocycles. The van der Waals surface area contributed by atoms with Crippen molar-refractivity contribution >= 4 is 5.91 Å². The predicted octanol–water partition coefficient (Wildman–Crippen LogP) is 2.14. The molecule has 0 aliphatic heterocycles. The topological polar surface area (TPSA) is 43.1 Å². The Morgan fingerprint density at radius 1 is 1.23 bits per heavy atom. The van der Waals surface area contributed by atoms with E-state index in [0.717, 1.165) is 18.4 Å². The lowest BCUT2D eigenvalue weighted by Crippen LogP contribution is -2.23. The molecule has 1 spiro atoms. The highest BCUT2D eigenvalue weighted by Crippen LogP contribution is 2.46. The summed E-state index contributed by atoms with van der Waals surface area (Å²) in [5.74, 6) is -0.203. The van der Waals surface area contributed by atoms with Crippen LogP contribution in [-0.4, -0.2) is 5.91 Å². The molecule has 2 heteroatoms. The van der Waals surface area contributed by atoms with Crippen molar-refractivity contribution in [3.8, 4) is 0 Å². The molecule has 1 fully saturated rings. The maximum Gasteiger partial charge on any atom is 0.244 e. The maximum absolute atomic E-state index is 11.0. The first-order chi connectivity index (χ1) is 6.22. The molecule has 1 saturated carbocycles. The van der Waals surface area contributed by atoms with Crippen molar-refractivity contribution in [2.75, 3.05) is 0 Å². The highest BCUT2D eigenvalue weighted by molar-refractivity contribution is 5.92. The van der Waals surface area contributed by atoms with Crippen LogP contribution in [0.5, 0.6) is 0 Å². The molecule has 2 nitrogen and oxygen atoms in total. The van der Waals surface area contributed by atoms with Gasteiger partial charge >= 0.3 is 0 Å². The molecule has 0 bridgehead atoms. The molecule has 2 rings (SSSR count). The first-order valence-electron chi connectivity index (χ1n) is 5.23. The van der Waals surface area contributed by atoms with E-state index in [1.165, 1.54) is 32.1 Å². The second kappa shape index (κ2) is 3.17. The second-order valence-electron chi connectivity index (χ2n) is 4.46. The van der Waals surface area contributed by atoms with E-state index in [0.29, 0.717) is 5.41 Å². The number of carbonyl (C=O) groups excluding carboxylic acids is 1. The van der Waals surface area contributed by atoms with E-state index in [2.05, 4.69) is 6.08 Å². The van der Waals surface area contributed by atoms with Crippen LogP contribution in [0.25, 0.3) is 0 Å². The summed E-state index contributed by atoms with van der Waals surface area (Å²) in [6, 6.07) is 0. The Morgan fingerprint density at radius 3 is 2.46 bits per heavy atom. The van der Waals surface area contributed by atoms with Crippen molar-refractivity contribution < 1.29 is 4.79 Å². The first kappa shape index (κ1) is 8.79. The van der Waals surface area contributed by atoms with Gasteiger partial charge in [-0.3, -0.25) is 4.79 Å². The van der Waals surface area contributed by atoms with E-state index in [-0.39, 0.29) is 5.91 Å². The first-order valence-corrected chi connectivity index (χ1v) is 5.23. The Balaban J connectivity index is 2.21. The van der Waals surface area contributed by atoms with E-state index in [1.54, 1.807) is 0 Å². The summed E-state index contributed by atoms with van der Waals surface area (Å²) < 4.78 is 0. The number of carbonyl (C=O) groups is 1. The largest absolute Gasteiger partial charge is 0.366 e. The summed E-state index contributed by atoms with van der Waals surface area (Å²) in [6.45, 7) is 0. The molecule has 0 atom stereocenters. The molecule has 0 heterocycles. The monoisotopic (exact) mass is 179 g/mol. The van der Waals surface area contributed by atoms with Crippen LogP contribution in [0.2, 0.25) is 0 Å². The highest BCUT2D eigenvalue weighted by Gasteiger charge is 2.34. The lowest BCUT2D eigenvalue weighted by Gasteiger charge is -2.30. The van der Waals surface area contributed by atoms with E-state index in [9.17, 15) is 4.79 Å². The zero-order valence-corrected chi connectivity index (χ0v) is 8.01. The molecule has 2 N–H and O–H groups in total. The zero-order valence-electron chi connectivity index (χ0n) is 8.01. The maximum atomic E-state index is 11.0. The van der Waals surface area contributed by atoms with Crippen LogP contribution in [0.3, 0.4) is 0 Å². The van der Waals surface area contributed by atoms with Gasteiger partial charge in [0.15, 0.2) is 0 Å². The van der Waals surface area contributed by atoms with Gasteiger partial charge in [0.25, 0.3) is 0 Å². The average Bonchev–Trinajstić information content (AvgIpc) is 2.53. The number of primary amides is 1. The number of hydrogen-bond acceptors (Lipinski definition) is 1. The molecule has 0 aromatic heterocycles. The Bertz CT molecular complexity index is 249. The second-order valence-corrected chi connectivity index (χ2v) is 4.46. The van der Waals surface area contributed by atoms with Crippen LogP contribution in [0.4, 0.5) is 0 Å². The highest BCUT2D eigenvalue weighted by atomic mass is 16.1. The summed E-state index contributed by atoms with van der Waals surface area (Å²) in [5.41, 5.74) is 6.56. The number of amides is 1. The number of allylic oxidation sites excluding steroid dienone is 1. The molecule has 72 valence electrons. The van der Waals surface area contributed by atoms with Gasteiger partial charge in [-0.1, -0.05) is 18.9 Å². The van der Waals surface area contributed by atoms with Gasteiger partial charge in [-0.25, -0.2) is 0 Å². The van der Waals surface area contributed by atoms with E-state index in [1.807, 2.05) is 0 Å². The van der Waals surface area contributed by atoms with Crippen molar-refractivity contribution in [3.63, 3.8) is 0 Å². The van der Waals surface area contributed by atoms with Crippen LogP contribution < -0.4 is 5.73 Å². The summed E-state index contributed by atoms with van der Waals surface area (Å²) in [4.78, 5) is 11.0. The van der Waals surface area contributed by atoms with Crippen LogP contribution in [0.15, 0.2) is 11.6 Å². The smallest absolute Gasteiger partial charge is 0.244 e. The molecule has 0 unspecified atom stereocenters. The van der Waals surface area contributed by atoms with Crippen LogP contribution >= 0.6 is 0 Å². The third-order valence-electron chi connectivity index (χ3n) is 3.52. The molecule has 0 aromatic carbocycles. The van der Waals surface area contributed by atoms with Gasteiger partial charge in [-0.2, -0.15) is 0 Å². The molecule has 0 aromatic rings. The summed E-state index contributed by atoms with van der Waals surface area (Å²) in [6.07, 6.45) is 10.7. The van der Waals surface area contributed by atoms with Crippen molar-refractivity contribution in [1.82, 2.24) is 0 Å². The van der Waals surface area contributed by atoms with Gasteiger partial charge in [0.2, 0.25) is 5.91 Å². The standard InChI is InChI=1S/C11H17NO/c12-10(13)9-4-3-7-11(8-9)5-1-2-6-11/h8H,1-7H2,(H2,12,13). The van der Waals surface area contributed by atoms with Crippen molar-refractivity contribution in [1.29, 1.82) is 0 Å². The van der Waals surface area contributed by atoms with Gasteiger partial charge < -0.3 is 5.73 Å². The summed E-state index contributed by atoms with van der Waals surface area (Å²) in [7, 11) is 0. The van der Waals surface area contributed by atoms with Gasteiger partial charge in [-0.05, 0) is 37.5 Å². The fourth-order valence-electron chi connectivity index (χ4n) is 2.81. The minimum atomic E-state index is -0.203. The lowest BCUT2D eigenvalue weighted by atomic mass is 9.75. The quantitative estimate of drug-likeness (QED) is 0.658. The fourth-order valence-corrected chi connectivity index (χ4v) is 2.81. The predicted molar refractivity (Wildman–Crippen MR) is 52.0 cm³/mol. The Kier molecular flexibility index (Phi) is 2.14. The third kappa shape index (κ3) is 1.62. The molecular weight excluding hydrogens is 162 g/mol. The minimum absolute atomic E-state index is 0.203. The van der Waals surface area contributed by atoms with E-state index >= 15 is 0 Å². The van der Waals surface area contributed by atoms with Gasteiger partial charge in [-0.15, -0.1) is 0 Å². The van der Waals surface area contributed by atoms with Crippen LogP contribution in [0, 0.1) is 5.41 Å². The number of nitrogens with two attached hydrogens (primary N) is 1. The third-order valence-corrected chi connectivity index (χ3v) is 3.52. The number of rotatable bonds is 1. The van der Waals surface area contributed by atoms with Gasteiger partial charge in [0.1, 0.15) is 0 Å². The average molecular weight is 179 g/mol. The minimum Gasteiger partial charge on any atom is -0.366 e. The van der Waals surface area contributed by atoms with E-state index in [4.69, 9.17) is 5.73 Å². The molecular formula is C11H17NO. The van der Waals surface area contributed by atoms with Gasteiger partial charge in [0.05, 0.1) is 0 Å². The summed E-state index contributed by atoms with van der Waals surface area (Å²) >= 11 is 0. The fraction of sp³-hybridized carbons (Fsp3) is 0.727. The van der Waals surface area contributed by atoms with Gasteiger partial charge in [0, 0.05) is 5.57 Å². The van der Waals surface area contributed by atoms with Crippen molar-refractivity contribution in [2.24, 2.45) is 11.1 Å². The van der Waals surface area contributed by atoms with Crippen LogP contribution in [-0.2, 0) is 4.79 Å². The summed E-state index contributed by atoms with van der Waals surface area (Å²) in [5, 5.41) is 0. The molecule has 0 radical (unpaired) electrons. The Morgan fingerprint density at radius 2 is 1.85 bits per heavy atom. The van der Waals surface area contributed by atoms with Crippen molar-refractivity contribution in [2.45, 2.75) is 44.9 Å². The Hall–Kier alpha value is -0.790. The molecule has 1 amide bonds. The normalized spacial score (nSPS) is 26.0.